The fourth-order valence-corrected chi connectivity index (χ4v) is 2.25. The Kier molecular flexibility index (Phi) is 5.61. The molecule has 7 heteroatoms. The Labute approximate surface area is 154 Å². The third-order valence-electron chi connectivity index (χ3n) is 3.57. The summed E-state index contributed by atoms with van der Waals surface area (Å²) in [7, 11) is 0. The van der Waals surface area contributed by atoms with Gasteiger partial charge in [0.05, 0.1) is 16.9 Å². The molecule has 0 spiro atoms. The molecule has 0 atom stereocenters. The van der Waals surface area contributed by atoms with Crippen molar-refractivity contribution in [2.24, 2.45) is 4.99 Å². The molecule has 0 saturated heterocycles. The number of halogens is 3. The van der Waals surface area contributed by atoms with Crippen molar-refractivity contribution in [2.45, 2.75) is 6.18 Å². The Hall–Kier alpha value is -3.48. The predicted molar refractivity (Wildman–Crippen MR) is 102 cm³/mol. The van der Waals surface area contributed by atoms with Crippen LogP contribution in [0.3, 0.4) is 0 Å². The summed E-state index contributed by atoms with van der Waals surface area (Å²) in [6.45, 7) is 0. The van der Waals surface area contributed by atoms with Gasteiger partial charge in [-0.05, 0) is 48.5 Å². The highest BCUT2D eigenvalue weighted by Gasteiger charge is 2.29. The van der Waals surface area contributed by atoms with Gasteiger partial charge in [-0.1, -0.05) is 36.4 Å². The van der Waals surface area contributed by atoms with E-state index < -0.39 is 11.7 Å². The van der Waals surface area contributed by atoms with Gasteiger partial charge in [-0.25, -0.2) is 4.99 Å². The van der Waals surface area contributed by atoms with Gasteiger partial charge in [-0.2, -0.15) is 13.2 Å². The maximum absolute atomic E-state index is 12.7. The van der Waals surface area contributed by atoms with Crippen molar-refractivity contribution in [1.29, 1.82) is 0 Å². The highest BCUT2D eigenvalue weighted by molar-refractivity contribution is 5.95. The Balaban J connectivity index is 1.80. The van der Waals surface area contributed by atoms with Crippen LogP contribution in [0.25, 0.3) is 0 Å². The number of guanidine groups is 1. The molecule has 0 bridgehead atoms. The molecule has 27 heavy (non-hydrogen) atoms. The van der Waals surface area contributed by atoms with Crippen molar-refractivity contribution in [2.75, 3.05) is 10.7 Å². The van der Waals surface area contributed by atoms with Crippen molar-refractivity contribution >= 4 is 23.0 Å². The van der Waals surface area contributed by atoms with E-state index in [1.165, 1.54) is 12.1 Å². The second kappa shape index (κ2) is 8.27. The van der Waals surface area contributed by atoms with Crippen LogP contribution in [0.15, 0.2) is 89.9 Å². The topological polar surface area (TPSA) is 48.5 Å². The number of para-hydroxylation sites is 2. The number of alkyl halides is 3. The summed E-state index contributed by atoms with van der Waals surface area (Å²) in [5.41, 5.74) is 7.20. The molecule has 3 rings (SSSR count). The fourth-order valence-electron chi connectivity index (χ4n) is 2.25. The number of aliphatic imine (C=N–C) groups is 1. The molecule has 0 aliphatic heterocycles. The van der Waals surface area contributed by atoms with Gasteiger partial charge in [0.1, 0.15) is 0 Å². The van der Waals surface area contributed by atoms with Gasteiger partial charge in [0.25, 0.3) is 0 Å². The molecule has 3 aromatic carbocycles. The zero-order valence-electron chi connectivity index (χ0n) is 14.2. The van der Waals surface area contributed by atoms with Crippen molar-refractivity contribution in [3.8, 4) is 0 Å². The Bertz CT molecular complexity index is 877. The summed E-state index contributed by atoms with van der Waals surface area (Å²) in [4.78, 5) is 4.36. The summed E-state index contributed by atoms with van der Waals surface area (Å²) in [6, 6.07) is 23.3. The van der Waals surface area contributed by atoms with E-state index in [-0.39, 0.29) is 0 Å². The molecule has 0 aliphatic rings. The van der Waals surface area contributed by atoms with Crippen LogP contribution in [0.4, 0.5) is 30.2 Å². The zero-order chi connectivity index (χ0) is 19.1. The van der Waals surface area contributed by atoms with E-state index in [0.717, 1.165) is 23.5 Å². The van der Waals surface area contributed by atoms with Gasteiger partial charge in [0.2, 0.25) is 5.96 Å². The second-order valence-electron chi connectivity index (χ2n) is 5.61. The van der Waals surface area contributed by atoms with E-state index in [2.05, 4.69) is 21.2 Å². The SMILES string of the molecule is FC(F)(F)c1ccc(N=C(NNc2ccccc2)Nc2ccccc2)cc1. The fraction of sp³-hybridized carbons (Fsp3) is 0.0500. The van der Waals surface area contributed by atoms with Gasteiger partial charge in [-0.3, -0.25) is 10.9 Å². The molecule has 0 radical (unpaired) electrons. The molecular weight excluding hydrogens is 353 g/mol. The molecule has 0 unspecified atom stereocenters. The van der Waals surface area contributed by atoms with E-state index in [4.69, 9.17) is 0 Å². The first-order valence-electron chi connectivity index (χ1n) is 8.16. The molecule has 0 aliphatic carbocycles. The number of hydrogen-bond acceptors (Lipinski definition) is 2. The number of hydrazine groups is 1. The maximum Gasteiger partial charge on any atom is 0.416 e. The normalized spacial score (nSPS) is 11.7. The number of nitrogens with zero attached hydrogens (tertiary/aromatic N) is 1. The van der Waals surface area contributed by atoms with Crippen molar-refractivity contribution in [1.82, 2.24) is 5.43 Å². The van der Waals surface area contributed by atoms with Crippen LogP contribution >= 0.6 is 0 Å². The van der Waals surface area contributed by atoms with Crippen molar-refractivity contribution < 1.29 is 13.2 Å². The molecular formula is C20H17F3N4. The van der Waals surface area contributed by atoms with E-state index in [0.29, 0.717) is 11.6 Å². The number of benzene rings is 3. The largest absolute Gasteiger partial charge is 0.416 e. The Morgan fingerprint density at radius 2 is 1.26 bits per heavy atom. The summed E-state index contributed by atoms with van der Waals surface area (Å²) in [5, 5.41) is 3.10. The summed E-state index contributed by atoms with van der Waals surface area (Å²) < 4.78 is 38.1. The van der Waals surface area contributed by atoms with Crippen molar-refractivity contribution in [3.63, 3.8) is 0 Å². The van der Waals surface area contributed by atoms with E-state index in [9.17, 15) is 13.2 Å². The van der Waals surface area contributed by atoms with Gasteiger partial charge >= 0.3 is 6.18 Å². The van der Waals surface area contributed by atoms with Gasteiger partial charge in [0.15, 0.2) is 0 Å². The second-order valence-corrected chi connectivity index (χ2v) is 5.61. The third-order valence-corrected chi connectivity index (χ3v) is 3.57. The minimum atomic E-state index is -4.37. The smallest absolute Gasteiger partial charge is 0.325 e. The van der Waals surface area contributed by atoms with Gasteiger partial charge in [-0.15, -0.1) is 0 Å². The molecule has 0 amide bonds. The minimum Gasteiger partial charge on any atom is -0.325 e. The highest BCUT2D eigenvalue weighted by atomic mass is 19.4. The number of rotatable bonds is 4. The van der Waals surface area contributed by atoms with E-state index in [1.807, 2.05) is 60.7 Å². The lowest BCUT2D eigenvalue weighted by molar-refractivity contribution is -0.137. The number of anilines is 2. The molecule has 0 fully saturated rings. The van der Waals surface area contributed by atoms with Crippen LogP contribution in [0.5, 0.6) is 0 Å². The monoisotopic (exact) mass is 370 g/mol. The van der Waals surface area contributed by atoms with Crippen LogP contribution in [0.2, 0.25) is 0 Å². The molecule has 138 valence electrons. The lowest BCUT2D eigenvalue weighted by Crippen LogP contribution is -2.35. The van der Waals surface area contributed by atoms with Crippen LogP contribution in [-0.4, -0.2) is 5.96 Å². The summed E-state index contributed by atoms with van der Waals surface area (Å²) >= 11 is 0. The lowest BCUT2D eigenvalue weighted by Gasteiger charge is -2.14. The third kappa shape index (κ3) is 5.50. The molecule has 3 N–H and O–H groups in total. The first-order chi connectivity index (χ1) is 13.0. The Morgan fingerprint density at radius 1 is 0.704 bits per heavy atom. The van der Waals surface area contributed by atoms with Crippen LogP contribution in [0, 0.1) is 0 Å². The lowest BCUT2D eigenvalue weighted by atomic mass is 10.2. The average Bonchev–Trinajstić information content (AvgIpc) is 2.67. The van der Waals surface area contributed by atoms with Crippen LogP contribution in [-0.2, 0) is 6.18 Å². The minimum absolute atomic E-state index is 0.338. The predicted octanol–water partition coefficient (Wildman–Crippen LogP) is 5.42. The zero-order valence-corrected chi connectivity index (χ0v) is 14.2. The quantitative estimate of drug-likeness (QED) is 0.326. The van der Waals surface area contributed by atoms with E-state index in [1.54, 1.807) is 0 Å². The summed E-state index contributed by atoms with van der Waals surface area (Å²) in [6.07, 6.45) is -4.37. The molecule has 3 aromatic rings. The van der Waals surface area contributed by atoms with Gasteiger partial charge in [0, 0.05) is 5.69 Å². The number of hydrogen-bond donors (Lipinski definition) is 3. The van der Waals surface area contributed by atoms with Crippen LogP contribution in [0.1, 0.15) is 5.56 Å². The van der Waals surface area contributed by atoms with Gasteiger partial charge < -0.3 is 5.32 Å². The summed E-state index contributed by atoms with van der Waals surface area (Å²) in [5.74, 6) is 0.338. The number of nitrogens with one attached hydrogen (secondary N) is 3. The van der Waals surface area contributed by atoms with Crippen molar-refractivity contribution in [3.05, 3.63) is 90.5 Å². The average molecular weight is 370 g/mol. The highest BCUT2D eigenvalue weighted by Crippen LogP contribution is 2.30. The standard InChI is InChI=1S/C20H17F3N4/c21-20(22,23)15-11-13-17(14-12-15)25-19(24-16-7-3-1-4-8-16)27-26-18-9-5-2-6-10-18/h1-14,26H,(H2,24,25,27). The first kappa shape index (κ1) is 18.3. The molecule has 0 aromatic heterocycles. The first-order valence-corrected chi connectivity index (χ1v) is 8.16. The van der Waals surface area contributed by atoms with Crippen LogP contribution < -0.4 is 16.2 Å². The van der Waals surface area contributed by atoms with E-state index >= 15 is 0 Å². The molecule has 0 heterocycles. The molecule has 4 nitrogen and oxygen atoms in total. The maximum atomic E-state index is 12.7. The molecule has 0 saturated carbocycles. The Morgan fingerprint density at radius 3 is 1.81 bits per heavy atom.